The van der Waals surface area contributed by atoms with Crippen LogP contribution < -0.4 is 4.90 Å². The summed E-state index contributed by atoms with van der Waals surface area (Å²) in [7, 11) is 1.70. The first-order chi connectivity index (χ1) is 10.0. The van der Waals surface area contributed by atoms with Gasteiger partial charge in [0.15, 0.2) is 11.4 Å². The molecule has 0 radical (unpaired) electrons. The Morgan fingerprint density at radius 3 is 2.76 bits per heavy atom. The maximum absolute atomic E-state index is 12.7. The number of carbonyl (C=O) groups is 1. The minimum atomic E-state index is -0.174. The molecule has 3 aromatic rings. The lowest BCUT2D eigenvalue weighted by Crippen LogP contribution is -2.28. The number of fused-ring (bicyclic) bond motifs is 1. The highest BCUT2D eigenvalue weighted by Crippen LogP contribution is 2.25. The molecule has 7 nitrogen and oxygen atoms in total. The highest BCUT2D eigenvalue weighted by Gasteiger charge is 2.23. The van der Waals surface area contributed by atoms with Crippen LogP contribution in [0.1, 0.15) is 27.5 Å². The Hall–Kier alpha value is -2.70. The van der Waals surface area contributed by atoms with Crippen molar-refractivity contribution in [3.05, 3.63) is 41.2 Å². The highest BCUT2D eigenvalue weighted by molar-refractivity contribution is 6.06. The van der Waals surface area contributed by atoms with Crippen molar-refractivity contribution in [2.75, 3.05) is 11.9 Å². The standard InChI is InChI=1S/C14H15N5O2/c1-8-13(10(3)21-17-8)18(4)14(20)11-7-15-12-5-6-16-19(12)9(11)2/h5-7H,1-4H3. The molecule has 0 aliphatic carbocycles. The molecular formula is C14H15N5O2. The van der Waals surface area contributed by atoms with Gasteiger partial charge in [-0.25, -0.2) is 9.50 Å². The smallest absolute Gasteiger partial charge is 0.261 e. The predicted molar refractivity (Wildman–Crippen MR) is 76.4 cm³/mol. The first-order valence-electron chi connectivity index (χ1n) is 6.51. The fraction of sp³-hybridized carbons (Fsp3) is 0.286. The third-order valence-corrected chi connectivity index (χ3v) is 3.52. The number of rotatable bonds is 2. The monoisotopic (exact) mass is 285 g/mol. The molecule has 0 aliphatic rings. The normalized spacial score (nSPS) is 11.0. The van der Waals surface area contributed by atoms with Gasteiger partial charge in [-0.05, 0) is 20.8 Å². The average molecular weight is 285 g/mol. The largest absolute Gasteiger partial charge is 0.359 e. The third-order valence-electron chi connectivity index (χ3n) is 3.52. The van der Waals surface area contributed by atoms with Crippen LogP contribution in [0.15, 0.2) is 23.0 Å². The quantitative estimate of drug-likeness (QED) is 0.719. The highest BCUT2D eigenvalue weighted by atomic mass is 16.5. The summed E-state index contributed by atoms with van der Waals surface area (Å²) >= 11 is 0. The first kappa shape index (κ1) is 13.3. The molecular weight excluding hydrogens is 270 g/mol. The zero-order valence-corrected chi connectivity index (χ0v) is 12.3. The third kappa shape index (κ3) is 1.97. The van der Waals surface area contributed by atoms with Gasteiger partial charge in [-0.1, -0.05) is 5.16 Å². The molecule has 21 heavy (non-hydrogen) atoms. The van der Waals surface area contributed by atoms with E-state index in [1.807, 2.05) is 6.92 Å². The number of anilines is 1. The molecule has 0 unspecified atom stereocenters. The van der Waals surface area contributed by atoms with E-state index in [9.17, 15) is 4.79 Å². The Balaban J connectivity index is 2.06. The molecule has 0 saturated heterocycles. The van der Waals surface area contributed by atoms with Crippen molar-refractivity contribution in [3.63, 3.8) is 0 Å². The second-order valence-electron chi connectivity index (χ2n) is 4.90. The van der Waals surface area contributed by atoms with Crippen LogP contribution in [-0.4, -0.2) is 32.7 Å². The number of nitrogens with zero attached hydrogens (tertiary/aromatic N) is 5. The number of carbonyl (C=O) groups excluding carboxylic acids is 1. The summed E-state index contributed by atoms with van der Waals surface area (Å²) in [6.45, 7) is 5.43. The van der Waals surface area contributed by atoms with E-state index in [1.165, 1.54) is 4.90 Å². The van der Waals surface area contributed by atoms with E-state index in [4.69, 9.17) is 4.52 Å². The molecule has 0 bridgehead atoms. The molecule has 3 aromatic heterocycles. The summed E-state index contributed by atoms with van der Waals surface area (Å²) in [5.74, 6) is 0.431. The molecule has 0 saturated carbocycles. The molecule has 0 atom stereocenters. The fourth-order valence-corrected chi connectivity index (χ4v) is 2.44. The average Bonchev–Trinajstić information content (AvgIpc) is 3.05. The van der Waals surface area contributed by atoms with E-state index in [-0.39, 0.29) is 5.91 Å². The van der Waals surface area contributed by atoms with Crippen molar-refractivity contribution in [2.45, 2.75) is 20.8 Å². The van der Waals surface area contributed by atoms with Gasteiger partial charge in [0.2, 0.25) is 0 Å². The van der Waals surface area contributed by atoms with Gasteiger partial charge in [-0.3, -0.25) is 4.79 Å². The number of aryl methyl sites for hydroxylation is 3. The van der Waals surface area contributed by atoms with Crippen LogP contribution in [0.2, 0.25) is 0 Å². The van der Waals surface area contributed by atoms with Crippen molar-refractivity contribution < 1.29 is 9.32 Å². The van der Waals surface area contributed by atoms with Gasteiger partial charge >= 0.3 is 0 Å². The number of amides is 1. The lowest BCUT2D eigenvalue weighted by Gasteiger charge is -2.17. The van der Waals surface area contributed by atoms with Crippen molar-refractivity contribution in [2.24, 2.45) is 0 Å². The van der Waals surface area contributed by atoms with Crippen LogP contribution >= 0.6 is 0 Å². The second kappa shape index (κ2) is 4.69. The maximum atomic E-state index is 12.7. The van der Waals surface area contributed by atoms with Gasteiger partial charge in [0.1, 0.15) is 11.4 Å². The molecule has 1 amide bonds. The van der Waals surface area contributed by atoms with E-state index >= 15 is 0 Å². The zero-order chi connectivity index (χ0) is 15.1. The van der Waals surface area contributed by atoms with Gasteiger partial charge in [0.05, 0.1) is 17.5 Å². The summed E-state index contributed by atoms with van der Waals surface area (Å²) in [6.07, 6.45) is 3.23. The predicted octanol–water partition coefficient (Wildman–Crippen LogP) is 1.92. The lowest BCUT2D eigenvalue weighted by molar-refractivity contribution is 0.0991. The van der Waals surface area contributed by atoms with Crippen LogP contribution in [-0.2, 0) is 0 Å². The van der Waals surface area contributed by atoms with Crippen LogP contribution in [0.25, 0.3) is 5.65 Å². The Labute approximate surface area is 121 Å². The van der Waals surface area contributed by atoms with Crippen LogP contribution in [0, 0.1) is 20.8 Å². The molecule has 0 aliphatic heterocycles. The topological polar surface area (TPSA) is 76.5 Å². The summed E-state index contributed by atoms with van der Waals surface area (Å²) in [5, 5.41) is 8.05. The molecule has 0 aromatic carbocycles. The number of aromatic nitrogens is 4. The maximum Gasteiger partial charge on any atom is 0.261 e. The molecule has 7 heteroatoms. The van der Waals surface area contributed by atoms with Gasteiger partial charge < -0.3 is 9.42 Å². The molecule has 0 N–H and O–H groups in total. The Bertz CT molecular complexity index is 814. The molecule has 3 heterocycles. The second-order valence-corrected chi connectivity index (χ2v) is 4.90. The SMILES string of the molecule is Cc1noc(C)c1N(C)C(=O)c1cnc2ccnn2c1C. The first-order valence-corrected chi connectivity index (χ1v) is 6.51. The summed E-state index contributed by atoms with van der Waals surface area (Å²) in [5.41, 5.74) is 3.31. The minimum absolute atomic E-state index is 0.174. The van der Waals surface area contributed by atoms with Crippen molar-refractivity contribution in [3.8, 4) is 0 Å². The molecule has 0 spiro atoms. The van der Waals surface area contributed by atoms with Gasteiger partial charge in [0, 0.05) is 19.3 Å². The number of hydrogen-bond donors (Lipinski definition) is 0. The van der Waals surface area contributed by atoms with Crippen molar-refractivity contribution >= 4 is 17.2 Å². The van der Waals surface area contributed by atoms with Gasteiger partial charge in [-0.15, -0.1) is 0 Å². The lowest BCUT2D eigenvalue weighted by atomic mass is 10.2. The fourth-order valence-electron chi connectivity index (χ4n) is 2.44. The Morgan fingerprint density at radius 2 is 2.10 bits per heavy atom. The van der Waals surface area contributed by atoms with Gasteiger partial charge in [-0.2, -0.15) is 5.10 Å². The molecule has 0 fully saturated rings. The Morgan fingerprint density at radius 1 is 1.33 bits per heavy atom. The van der Waals surface area contributed by atoms with E-state index in [2.05, 4.69) is 15.2 Å². The summed E-state index contributed by atoms with van der Waals surface area (Å²) in [4.78, 5) is 18.5. The minimum Gasteiger partial charge on any atom is -0.359 e. The van der Waals surface area contributed by atoms with Crippen LogP contribution in [0.3, 0.4) is 0 Å². The van der Waals surface area contributed by atoms with Crippen molar-refractivity contribution in [1.29, 1.82) is 0 Å². The number of hydrogen-bond acceptors (Lipinski definition) is 5. The van der Waals surface area contributed by atoms with E-state index < -0.39 is 0 Å². The van der Waals surface area contributed by atoms with E-state index in [0.717, 1.165) is 5.69 Å². The van der Waals surface area contributed by atoms with E-state index in [1.54, 1.807) is 43.9 Å². The van der Waals surface area contributed by atoms with Crippen LogP contribution in [0.4, 0.5) is 5.69 Å². The zero-order valence-electron chi connectivity index (χ0n) is 12.3. The molecule has 3 rings (SSSR count). The molecule has 108 valence electrons. The van der Waals surface area contributed by atoms with E-state index in [0.29, 0.717) is 28.4 Å². The Kier molecular flexibility index (Phi) is 2.97. The summed E-state index contributed by atoms with van der Waals surface area (Å²) < 4.78 is 6.76. The van der Waals surface area contributed by atoms with Crippen LogP contribution in [0.5, 0.6) is 0 Å². The van der Waals surface area contributed by atoms with Gasteiger partial charge in [0.25, 0.3) is 5.91 Å². The van der Waals surface area contributed by atoms with Crippen molar-refractivity contribution in [1.82, 2.24) is 19.8 Å². The summed E-state index contributed by atoms with van der Waals surface area (Å²) in [6, 6.07) is 1.79.